The number of hydrogen-bond donors (Lipinski definition) is 3. The largest absolute Gasteiger partial charge is 0.390 e. The van der Waals surface area contributed by atoms with E-state index in [1.54, 1.807) is 31.3 Å². The Morgan fingerprint density at radius 3 is 2.68 bits per heavy atom. The molecule has 0 saturated carbocycles. The zero-order chi connectivity index (χ0) is 13.8. The first-order valence-electron chi connectivity index (χ1n) is 6.04. The minimum Gasteiger partial charge on any atom is -0.390 e. The summed E-state index contributed by atoms with van der Waals surface area (Å²) in [6.45, 7) is 1.08. The number of β-amino-alcohol motifs (C(OH)–C–C–N with tert-alkyl or cyclic N) is 1. The number of benzene rings is 1. The molecular weight excluding hydrogens is 244 g/mol. The van der Waals surface area contributed by atoms with Gasteiger partial charge in [-0.3, -0.25) is 0 Å². The van der Waals surface area contributed by atoms with E-state index < -0.39 is 6.10 Å². The molecule has 0 spiro atoms. The van der Waals surface area contributed by atoms with Crippen molar-refractivity contribution < 1.29 is 9.90 Å². The van der Waals surface area contributed by atoms with Crippen LogP contribution in [-0.4, -0.2) is 48.3 Å². The molecule has 2 amide bonds. The van der Waals surface area contributed by atoms with Gasteiger partial charge in [-0.2, -0.15) is 5.26 Å². The second-order valence-corrected chi connectivity index (χ2v) is 4.52. The molecule has 2 atom stereocenters. The minimum atomic E-state index is -0.545. The Balaban J connectivity index is 1.98. The highest BCUT2D eigenvalue weighted by atomic mass is 16.3. The fraction of sp³-hybridized carbons (Fsp3) is 0.385. The third-order valence-corrected chi connectivity index (χ3v) is 3.23. The summed E-state index contributed by atoms with van der Waals surface area (Å²) in [5.41, 5.74) is 1.16. The summed E-state index contributed by atoms with van der Waals surface area (Å²) >= 11 is 0. The number of aliphatic hydroxyl groups is 1. The van der Waals surface area contributed by atoms with E-state index in [4.69, 9.17) is 5.26 Å². The van der Waals surface area contributed by atoms with Crippen LogP contribution in [0.5, 0.6) is 0 Å². The van der Waals surface area contributed by atoms with Crippen molar-refractivity contribution in [1.82, 2.24) is 10.2 Å². The van der Waals surface area contributed by atoms with Crippen molar-refractivity contribution in [2.75, 3.05) is 25.5 Å². The maximum absolute atomic E-state index is 12.0. The highest BCUT2D eigenvalue weighted by Gasteiger charge is 2.31. The molecule has 0 bridgehead atoms. The van der Waals surface area contributed by atoms with Crippen LogP contribution in [0, 0.1) is 11.3 Å². The highest BCUT2D eigenvalue weighted by molar-refractivity contribution is 5.89. The molecule has 19 heavy (non-hydrogen) atoms. The van der Waals surface area contributed by atoms with E-state index in [0.29, 0.717) is 24.3 Å². The SMILES string of the molecule is CN(C(=O)Nc1ccc(C#N)cc1)[C@@H]1CNC[C@H]1O. The molecule has 0 radical (unpaired) electrons. The number of likely N-dealkylation sites (N-methyl/N-ethyl adjacent to an activating group) is 1. The number of urea groups is 1. The van der Waals surface area contributed by atoms with Crippen molar-refractivity contribution >= 4 is 11.7 Å². The molecule has 0 unspecified atom stereocenters. The van der Waals surface area contributed by atoms with Crippen molar-refractivity contribution in [2.45, 2.75) is 12.1 Å². The van der Waals surface area contributed by atoms with Crippen molar-refractivity contribution in [3.05, 3.63) is 29.8 Å². The maximum atomic E-state index is 12.0. The fourth-order valence-electron chi connectivity index (χ4n) is 2.04. The summed E-state index contributed by atoms with van der Waals surface area (Å²) in [6, 6.07) is 8.14. The monoisotopic (exact) mass is 260 g/mol. The summed E-state index contributed by atoms with van der Waals surface area (Å²) in [4.78, 5) is 13.5. The van der Waals surface area contributed by atoms with E-state index in [-0.39, 0.29) is 12.1 Å². The molecule has 0 aliphatic carbocycles. The smallest absolute Gasteiger partial charge is 0.321 e. The lowest BCUT2D eigenvalue weighted by Gasteiger charge is -2.26. The van der Waals surface area contributed by atoms with Crippen LogP contribution < -0.4 is 10.6 Å². The first kappa shape index (κ1) is 13.3. The highest BCUT2D eigenvalue weighted by Crippen LogP contribution is 2.12. The Bertz CT molecular complexity index is 494. The van der Waals surface area contributed by atoms with Gasteiger partial charge in [-0.1, -0.05) is 0 Å². The maximum Gasteiger partial charge on any atom is 0.321 e. The fourth-order valence-corrected chi connectivity index (χ4v) is 2.04. The first-order chi connectivity index (χ1) is 9.11. The Hall–Kier alpha value is -2.10. The molecule has 1 fully saturated rings. The number of hydrogen-bond acceptors (Lipinski definition) is 4. The number of nitrogens with zero attached hydrogens (tertiary/aromatic N) is 2. The Morgan fingerprint density at radius 1 is 1.47 bits per heavy atom. The predicted molar refractivity (Wildman–Crippen MR) is 70.6 cm³/mol. The van der Waals surface area contributed by atoms with Gasteiger partial charge in [0.15, 0.2) is 0 Å². The Morgan fingerprint density at radius 2 is 2.16 bits per heavy atom. The van der Waals surface area contributed by atoms with E-state index in [0.717, 1.165) is 0 Å². The molecule has 2 rings (SSSR count). The number of carbonyl (C=O) groups is 1. The summed E-state index contributed by atoms with van der Waals surface area (Å²) in [5, 5.41) is 24.2. The first-order valence-corrected chi connectivity index (χ1v) is 6.04. The number of anilines is 1. The van der Waals surface area contributed by atoms with Gasteiger partial charge in [-0.15, -0.1) is 0 Å². The second-order valence-electron chi connectivity index (χ2n) is 4.52. The van der Waals surface area contributed by atoms with Crippen LogP contribution in [0.1, 0.15) is 5.56 Å². The van der Waals surface area contributed by atoms with Crippen molar-refractivity contribution in [1.29, 1.82) is 5.26 Å². The van der Waals surface area contributed by atoms with Gasteiger partial charge >= 0.3 is 6.03 Å². The predicted octanol–water partition coefficient (Wildman–Crippen LogP) is 0.355. The van der Waals surface area contributed by atoms with Gasteiger partial charge in [0.25, 0.3) is 0 Å². The van der Waals surface area contributed by atoms with E-state index in [2.05, 4.69) is 10.6 Å². The number of nitriles is 1. The van der Waals surface area contributed by atoms with Crippen LogP contribution in [0.3, 0.4) is 0 Å². The Labute approximate surface area is 111 Å². The van der Waals surface area contributed by atoms with Crippen LogP contribution in [-0.2, 0) is 0 Å². The number of aliphatic hydroxyl groups excluding tert-OH is 1. The molecule has 6 nitrogen and oxygen atoms in total. The molecule has 1 aliphatic heterocycles. The molecule has 3 N–H and O–H groups in total. The van der Waals surface area contributed by atoms with Gasteiger partial charge in [-0.25, -0.2) is 4.79 Å². The second kappa shape index (κ2) is 5.69. The summed E-state index contributed by atoms with van der Waals surface area (Å²) in [6.07, 6.45) is -0.545. The normalized spacial score (nSPS) is 21.7. The lowest BCUT2D eigenvalue weighted by molar-refractivity contribution is 0.115. The summed E-state index contributed by atoms with van der Waals surface area (Å²) < 4.78 is 0. The minimum absolute atomic E-state index is 0.224. The van der Waals surface area contributed by atoms with E-state index >= 15 is 0 Å². The summed E-state index contributed by atoms with van der Waals surface area (Å²) in [5.74, 6) is 0. The molecule has 1 aromatic carbocycles. The standard InChI is InChI=1S/C13H16N4O2/c1-17(11-7-15-8-12(11)18)13(19)16-10-4-2-9(6-14)3-5-10/h2-5,11-12,15,18H,7-8H2,1H3,(H,16,19)/t11-,12-/m1/s1. The van der Waals surface area contributed by atoms with Gasteiger partial charge in [0.2, 0.25) is 0 Å². The van der Waals surface area contributed by atoms with Gasteiger partial charge < -0.3 is 20.6 Å². The van der Waals surface area contributed by atoms with E-state index in [1.165, 1.54) is 4.90 Å². The average molecular weight is 260 g/mol. The number of amides is 2. The van der Waals surface area contributed by atoms with E-state index in [1.807, 2.05) is 6.07 Å². The van der Waals surface area contributed by atoms with Gasteiger partial charge in [0.1, 0.15) is 0 Å². The van der Waals surface area contributed by atoms with Gasteiger partial charge in [-0.05, 0) is 24.3 Å². The van der Waals surface area contributed by atoms with Crippen LogP contribution in [0.2, 0.25) is 0 Å². The number of carbonyl (C=O) groups excluding carboxylic acids is 1. The van der Waals surface area contributed by atoms with Crippen LogP contribution in [0.15, 0.2) is 24.3 Å². The summed E-state index contributed by atoms with van der Waals surface area (Å²) in [7, 11) is 1.65. The molecule has 6 heteroatoms. The third-order valence-electron chi connectivity index (χ3n) is 3.23. The molecule has 1 heterocycles. The quantitative estimate of drug-likeness (QED) is 0.716. The van der Waals surface area contributed by atoms with Crippen LogP contribution in [0.4, 0.5) is 10.5 Å². The average Bonchev–Trinajstić information content (AvgIpc) is 2.85. The zero-order valence-electron chi connectivity index (χ0n) is 10.6. The number of rotatable bonds is 2. The van der Waals surface area contributed by atoms with Crippen molar-refractivity contribution in [3.63, 3.8) is 0 Å². The molecular formula is C13H16N4O2. The van der Waals surface area contributed by atoms with Gasteiger partial charge in [0.05, 0.1) is 23.8 Å². The van der Waals surface area contributed by atoms with Crippen molar-refractivity contribution in [2.24, 2.45) is 0 Å². The van der Waals surface area contributed by atoms with Crippen LogP contribution in [0.25, 0.3) is 0 Å². The molecule has 1 aliphatic rings. The lowest BCUT2D eigenvalue weighted by atomic mass is 10.2. The molecule has 1 aromatic rings. The zero-order valence-corrected chi connectivity index (χ0v) is 10.6. The molecule has 0 aromatic heterocycles. The van der Waals surface area contributed by atoms with Crippen LogP contribution >= 0.6 is 0 Å². The number of nitrogens with one attached hydrogen (secondary N) is 2. The van der Waals surface area contributed by atoms with E-state index in [9.17, 15) is 9.90 Å². The topological polar surface area (TPSA) is 88.4 Å². The van der Waals surface area contributed by atoms with Gasteiger partial charge in [0, 0.05) is 25.8 Å². The molecule has 1 saturated heterocycles. The Kier molecular flexibility index (Phi) is 4.00. The van der Waals surface area contributed by atoms with Crippen molar-refractivity contribution in [3.8, 4) is 6.07 Å². The lowest BCUT2D eigenvalue weighted by Crippen LogP contribution is -2.46. The molecule has 100 valence electrons. The third kappa shape index (κ3) is 3.02.